The lowest BCUT2D eigenvalue weighted by Crippen LogP contribution is -2.40. The maximum Gasteiger partial charge on any atom is 0.357 e. The summed E-state index contributed by atoms with van der Waals surface area (Å²) in [6.45, 7) is 0. The zero-order valence-electron chi connectivity index (χ0n) is 13.3. The molecule has 0 aliphatic carbocycles. The van der Waals surface area contributed by atoms with Crippen molar-refractivity contribution in [2.45, 2.75) is 6.10 Å². The Kier molecular flexibility index (Phi) is 5.62. The van der Waals surface area contributed by atoms with Crippen LogP contribution in [0.1, 0.15) is 0 Å². The van der Waals surface area contributed by atoms with E-state index in [0.29, 0.717) is 22.9 Å². The summed E-state index contributed by atoms with van der Waals surface area (Å²) in [7, 11) is 2.69. The summed E-state index contributed by atoms with van der Waals surface area (Å²) in [6.07, 6.45) is -1.46. The van der Waals surface area contributed by atoms with Gasteiger partial charge in [-0.25, -0.2) is 4.79 Å². The first-order chi connectivity index (χ1) is 11.5. The van der Waals surface area contributed by atoms with E-state index >= 15 is 0 Å². The number of hydrogen-bond acceptors (Lipinski definition) is 6. The molecule has 0 fully saturated rings. The van der Waals surface area contributed by atoms with E-state index in [1.54, 1.807) is 48.5 Å². The standard InChI is InChI=1S/C17H18N2O5/c1-22-13-4-3-5-14(10-13)24-15(17(21)23-2)16(20)19-12-8-6-11(18)7-9-12/h3-10,15H,18H2,1-2H3,(H,19,20). The molecule has 0 aliphatic rings. The van der Waals surface area contributed by atoms with Gasteiger partial charge in [0.05, 0.1) is 14.2 Å². The molecule has 0 radical (unpaired) electrons. The van der Waals surface area contributed by atoms with Crippen LogP contribution in [0.25, 0.3) is 0 Å². The fourth-order valence-corrected chi connectivity index (χ4v) is 1.90. The van der Waals surface area contributed by atoms with Gasteiger partial charge in [-0.3, -0.25) is 4.79 Å². The highest BCUT2D eigenvalue weighted by Crippen LogP contribution is 2.21. The molecule has 2 aromatic carbocycles. The molecular weight excluding hydrogens is 312 g/mol. The molecule has 0 aliphatic heterocycles. The fraction of sp³-hybridized carbons (Fsp3) is 0.176. The third kappa shape index (κ3) is 4.39. The third-order valence-electron chi connectivity index (χ3n) is 3.13. The Morgan fingerprint density at radius 3 is 2.33 bits per heavy atom. The fourth-order valence-electron chi connectivity index (χ4n) is 1.90. The van der Waals surface area contributed by atoms with E-state index in [2.05, 4.69) is 10.1 Å². The van der Waals surface area contributed by atoms with Crippen molar-refractivity contribution in [1.82, 2.24) is 0 Å². The summed E-state index contributed by atoms with van der Waals surface area (Å²) in [5, 5.41) is 2.58. The van der Waals surface area contributed by atoms with Crippen LogP contribution in [0.4, 0.5) is 11.4 Å². The van der Waals surface area contributed by atoms with Gasteiger partial charge in [0.2, 0.25) is 0 Å². The van der Waals surface area contributed by atoms with Crippen LogP contribution in [0.15, 0.2) is 48.5 Å². The second-order valence-corrected chi connectivity index (χ2v) is 4.81. The van der Waals surface area contributed by atoms with Gasteiger partial charge in [-0.2, -0.15) is 0 Å². The Balaban J connectivity index is 2.16. The first-order valence-corrected chi connectivity index (χ1v) is 7.08. The molecule has 0 saturated carbocycles. The Morgan fingerprint density at radius 1 is 1.04 bits per heavy atom. The summed E-state index contributed by atoms with van der Waals surface area (Å²) < 4.78 is 15.2. The van der Waals surface area contributed by atoms with E-state index in [0.717, 1.165) is 0 Å². The predicted molar refractivity (Wildman–Crippen MR) is 88.9 cm³/mol. The number of nitrogens with one attached hydrogen (secondary N) is 1. The Hall–Kier alpha value is -3.22. The van der Waals surface area contributed by atoms with Gasteiger partial charge in [0.25, 0.3) is 12.0 Å². The highest BCUT2D eigenvalue weighted by molar-refractivity contribution is 6.07. The number of benzene rings is 2. The number of esters is 1. The number of carbonyl (C=O) groups excluding carboxylic acids is 2. The van der Waals surface area contributed by atoms with E-state index in [4.69, 9.17) is 15.2 Å². The zero-order valence-corrected chi connectivity index (χ0v) is 13.3. The van der Waals surface area contributed by atoms with Crippen LogP contribution >= 0.6 is 0 Å². The van der Waals surface area contributed by atoms with Crippen molar-refractivity contribution in [3.8, 4) is 11.5 Å². The van der Waals surface area contributed by atoms with Crippen LogP contribution in [0.3, 0.4) is 0 Å². The number of amides is 1. The number of rotatable bonds is 6. The Bertz CT molecular complexity index is 715. The summed E-state index contributed by atoms with van der Waals surface area (Å²) in [5.74, 6) is -0.632. The lowest BCUT2D eigenvalue weighted by Gasteiger charge is -2.17. The van der Waals surface area contributed by atoms with Crippen molar-refractivity contribution < 1.29 is 23.8 Å². The number of nitrogens with two attached hydrogens (primary N) is 1. The van der Waals surface area contributed by atoms with Crippen molar-refractivity contribution in [3.63, 3.8) is 0 Å². The molecule has 126 valence electrons. The van der Waals surface area contributed by atoms with E-state index in [-0.39, 0.29) is 0 Å². The Labute approximate surface area is 139 Å². The second-order valence-electron chi connectivity index (χ2n) is 4.81. The smallest absolute Gasteiger partial charge is 0.357 e. The average Bonchev–Trinajstić information content (AvgIpc) is 2.61. The van der Waals surface area contributed by atoms with Crippen LogP contribution in [-0.4, -0.2) is 32.2 Å². The van der Waals surface area contributed by atoms with Gasteiger partial charge in [-0.1, -0.05) is 6.07 Å². The molecule has 1 unspecified atom stereocenters. The topological polar surface area (TPSA) is 99.9 Å². The minimum absolute atomic E-state index is 0.303. The Morgan fingerprint density at radius 2 is 1.71 bits per heavy atom. The SMILES string of the molecule is COC(=O)C(Oc1cccc(OC)c1)C(=O)Nc1ccc(N)cc1. The lowest BCUT2D eigenvalue weighted by molar-refractivity contribution is -0.152. The molecule has 1 amide bonds. The normalized spacial score (nSPS) is 11.2. The van der Waals surface area contributed by atoms with Crippen LogP contribution in [0, 0.1) is 0 Å². The first kappa shape index (κ1) is 17.1. The molecular formula is C17H18N2O5. The monoisotopic (exact) mass is 330 g/mol. The molecule has 0 bridgehead atoms. The van der Waals surface area contributed by atoms with Crippen molar-refractivity contribution in [2.75, 3.05) is 25.3 Å². The van der Waals surface area contributed by atoms with Gasteiger partial charge < -0.3 is 25.3 Å². The average molecular weight is 330 g/mol. The number of nitrogen functional groups attached to an aromatic ring is 1. The number of hydrogen-bond donors (Lipinski definition) is 2. The molecule has 3 N–H and O–H groups in total. The number of methoxy groups -OCH3 is 2. The first-order valence-electron chi connectivity index (χ1n) is 7.08. The van der Waals surface area contributed by atoms with Gasteiger partial charge >= 0.3 is 5.97 Å². The van der Waals surface area contributed by atoms with Gasteiger partial charge in [-0.15, -0.1) is 0 Å². The molecule has 0 spiro atoms. The minimum Gasteiger partial charge on any atom is -0.497 e. The van der Waals surface area contributed by atoms with Crippen molar-refractivity contribution in [1.29, 1.82) is 0 Å². The highest BCUT2D eigenvalue weighted by Gasteiger charge is 2.30. The molecule has 0 aromatic heterocycles. The number of ether oxygens (including phenoxy) is 3. The van der Waals surface area contributed by atoms with Crippen LogP contribution in [-0.2, 0) is 14.3 Å². The summed E-state index contributed by atoms with van der Waals surface area (Å²) in [5.41, 5.74) is 6.64. The van der Waals surface area contributed by atoms with Gasteiger partial charge in [0.15, 0.2) is 0 Å². The highest BCUT2D eigenvalue weighted by atomic mass is 16.6. The van der Waals surface area contributed by atoms with Crippen LogP contribution in [0.2, 0.25) is 0 Å². The maximum atomic E-state index is 12.4. The van der Waals surface area contributed by atoms with E-state index in [1.165, 1.54) is 14.2 Å². The third-order valence-corrected chi connectivity index (χ3v) is 3.13. The van der Waals surface area contributed by atoms with E-state index < -0.39 is 18.0 Å². The van der Waals surface area contributed by atoms with Crippen molar-refractivity contribution >= 4 is 23.3 Å². The van der Waals surface area contributed by atoms with E-state index in [9.17, 15) is 9.59 Å². The molecule has 2 rings (SSSR count). The minimum atomic E-state index is -1.46. The summed E-state index contributed by atoms with van der Waals surface area (Å²) in [6, 6.07) is 13.1. The zero-order chi connectivity index (χ0) is 17.5. The molecule has 0 saturated heterocycles. The second kappa shape index (κ2) is 7.87. The van der Waals surface area contributed by atoms with Crippen LogP contribution in [0.5, 0.6) is 11.5 Å². The van der Waals surface area contributed by atoms with Crippen molar-refractivity contribution in [2.24, 2.45) is 0 Å². The predicted octanol–water partition coefficient (Wildman–Crippen LogP) is 1.84. The largest absolute Gasteiger partial charge is 0.497 e. The molecule has 2 aromatic rings. The van der Waals surface area contributed by atoms with Gasteiger partial charge in [0.1, 0.15) is 11.5 Å². The molecule has 7 nitrogen and oxygen atoms in total. The van der Waals surface area contributed by atoms with Gasteiger partial charge in [-0.05, 0) is 36.4 Å². The number of carbonyl (C=O) groups is 2. The number of anilines is 2. The summed E-state index contributed by atoms with van der Waals surface area (Å²) >= 11 is 0. The maximum absolute atomic E-state index is 12.4. The van der Waals surface area contributed by atoms with E-state index in [1.807, 2.05) is 0 Å². The quantitative estimate of drug-likeness (QED) is 0.476. The van der Waals surface area contributed by atoms with Crippen molar-refractivity contribution in [3.05, 3.63) is 48.5 Å². The molecule has 0 heterocycles. The molecule has 24 heavy (non-hydrogen) atoms. The molecule has 7 heteroatoms. The summed E-state index contributed by atoms with van der Waals surface area (Å²) in [4.78, 5) is 24.3. The van der Waals surface area contributed by atoms with Gasteiger partial charge in [0, 0.05) is 17.4 Å². The lowest BCUT2D eigenvalue weighted by atomic mass is 10.2. The molecule has 1 atom stereocenters. The van der Waals surface area contributed by atoms with Crippen LogP contribution < -0.4 is 20.5 Å².